The van der Waals surface area contributed by atoms with Gasteiger partial charge in [0, 0.05) is 23.2 Å². The maximum absolute atomic E-state index is 13.1. The van der Waals surface area contributed by atoms with Crippen LogP contribution in [-0.4, -0.2) is 17.3 Å². The molecule has 108 valence electrons. The molecular formula is C14H16F2N2O2. The van der Waals surface area contributed by atoms with Crippen molar-refractivity contribution in [1.29, 1.82) is 0 Å². The highest BCUT2D eigenvalue weighted by molar-refractivity contribution is 5.92. The molecule has 1 aromatic heterocycles. The van der Waals surface area contributed by atoms with Crippen LogP contribution < -0.4 is 5.73 Å². The van der Waals surface area contributed by atoms with Crippen molar-refractivity contribution in [2.24, 2.45) is 5.73 Å². The predicted molar refractivity (Wildman–Crippen MR) is 71.9 cm³/mol. The minimum absolute atomic E-state index is 0.127. The molecule has 20 heavy (non-hydrogen) atoms. The Labute approximate surface area is 115 Å². The molecular weight excluding hydrogens is 266 g/mol. The second-order valence-corrected chi connectivity index (χ2v) is 4.52. The lowest BCUT2D eigenvalue weighted by atomic mass is 10.0. The third kappa shape index (κ3) is 2.51. The van der Waals surface area contributed by atoms with Crippen LogP contribution >= 0.6 is 0 Å². The lowest BCUT2D eigenvalue weighted by Gasteiger charge is -2.11. The predicted octanol–water partition coefficient (Wildman–Crippen LogP) is 3.60. The topological polar surface area (TPSA) is 57.2 Å². The molecule has 0 radical (unpaired) electrons. The summed E-state index contributed by atoms with van der Waals surface area (Å²) < 4.78 is 32.4. The molecule has 1 heterocycles. The van der Waals surface area contributed by atoms with Crippen molar-refractivity contribution in [3.8, 4) is 0 Å². The van der Waals surface area contributed by atoms with E-state index in [1.165, 1.54) is 22.9 Å². The maximum Gasteiger partial charge on any atom is 0.418 e. The summed E-state index contributed by atoms with van der Waals surface area (Å²) in [7, 11) is 0. The van der Waals surface area contributed by atoms with Crippen LogP contribution in [0.5, 0.6) is 0 Å². The number of nitrogens with two attached hydrogens (primary N) is 1. The second-order valence-electron chi connectivity index (χ2n) is 4.52. The van der Waals surface area contributed by atoms with Crippen molar-refractivity contribution >= 4 is 17.0 Å². The third-order valence-corrected chi connectivity index (χ3v) is 3.09. The van der Waals surface area contributed by atoms with Gasteiger partial charge in [0.2, 0.25) is 0 Å². The van der Waals surface area contributed by atoms with Crippen molar-refractivity contribution in [3.05, 3.63) is 35.5 Å². The number of hydrogen-bond acceptors (Lipinski definition) is 3. The Morgan fingerprint density at radius 2 is 2.15 bits per heavy atom. The summed E-state index contributed by atoms with van der Waals surface area (Å²) >= 11 is 0. The van der Waals surface area contributed by atoms with Gasteiger partial charge in [-0.2, -0.15) is 0 Å². The second kappa shape index (κ2) is 5.58. The number of rotatable bonds is 3. The molecule has 0 saturated heterocycles. The van der Waals surface area contributed by atoms with Crippen molar-refractivity contribution in [2.45, 2.75) is 26.3 Å². The normalized spacial score (nSPS) is 12.9. The van der Waals surface area contributed by atoms with Crippen molar-refractivity contribution in [3.63, 3.8) is 0 Å². The molecule has 1 aromatic carbocycles. The van der Waals surface area contributed by atoms with Gasteiger partial charge in [-0.3, -0.25) is 4.57 Å². The van der Waals surface area contributed by atoms with Gasteiger partial charge in [0.25, 0.3) is 6.43 Å². The number of carbonyl (C=O) groups excluding carboxylic acids is 1. The zero-order chi connectivity index (χ0) is 14.9. The molecule has 0 unspecified atom stereocenters. The van der Waals surface area contributed by atoms with Gasteiger partial charge in [0.05, 0.1) is 12.1 Å². The summed E-state index contributed by atoms with van der Waals surface area (Å²) in [4.78, 5) is 11.8. The zero-order valence-electron chi connectivity index (χ0n) is 11.3. The van der Waals surface area contributed by atoms with Crippen LogP contribution in [0.15, 0.2) is 24.4 Å². The molecule has 0 spiro atoms. The van der Waals surface area contributed by atoms with Crippen LogP contribution in [-0.2, 0) is 4.74 Å². The highest BCUT2D eigenvalue weighted by Gasteiger charge is 2.19. The Morgan fingerprint density at radius 1 is 1.45 bits per heavy atom. The summed E-state index contributed by atoms with van der Waals surface area (Å²) in [5, 5.41) is 0.331. The molecule has 1 atom stereocenters. The lowest BCUT2D eigenvalue weighted by Crippen LogP contribution is -2.13. The number of hydrogen-bond donors (Lipinski definition) is 1. The van der Waals surface area contributed by atoms with Gasteiger partial charge in [-0.05, 0) is 37.6 Å². The van der Waals surface area contributed by atoms with E-state index >= 15 is 0 Å². The minimum Gasteiger partial charge on any atom is -0.449 e. The monoisotopic (exact) mass is 282 g/mol. The molecule has 0 fully saturated rings. The van der Waals surface area contributed by atoms with Crippen molar-refractivity contribution in [1.82, 2.24) is 4.57 Å². The van der Waals surface area contributed by atoms with E-state index in [4.69, 9.17) is 10.5 Å². The number of ether oxygens (including phenoxy) is 1. The van der Waals surface area contributed by atoms with Gasteiger partial charge >= 0.3 is 6.09 Å². The number of aromatic nitrogens is 1. The van der Waals surface area contributed by atoms with Gasteiger partial charge in [-0.25, -0.2) is 13.6 Å². The van der Waals surface area contributed by atoms with Gasteiger partial charge in [-0.1, -0.05) is 0 Å². The highest BCUT2D eigenvalue weighted by atomic mass is 19.3. The summed E-state index contributed by atoms with van der Waals surface area (Å²) in [5.41, 5.74) is 6.57. The molecule has 6 heteroatoms. The Kier molecular flexibility index (Phi) is 4.04. The van der Waals surface area contributed by atoms with Crippen LogP contribution in [0.1, 0.15) is 37.4 Å². The molecule has 0 aliphatic carbocycles. The van der Waals surface area contributed by atoms with E-state index in [-0.39, 0.29) is 12.2 Å². The fraction of sp³-hybridized carbons (Fsp3) is 0.357. The van der Waals surface area contributed by atoms with E-state index in [9.17, 15) is 13.6 Å². The van der Waals surface area contributed by atoms with Crippen molar-refractivity contribution in [2.75, 3.05) is 6.61 Å². The number of nitrogens with zero attached hydrogens (tertiary/aromatic N) is 1. The summed E-state index contributed by atoms with van der Waals surface area (Å²) in [6.45, 7) is 3.60. The number of alkyl halides is 2. The van der Waals surface area contributed by atoms with Crippen LogP contribution in [0.4, 0.5) is 13.6 Å². The molecule has 2 N–H and O–H groups in total. The van der Waals surface area contributed by atoms with Crippen LogP contribution in [0.25, 0.3) is 10.9 Å². The molecule has 2 aromatic rings. The Bertz CT molecular complexity index is 635. The fourth-order valence-corrected chi connectivity index (χ4v) is 2.09. The first-order valence-corrected chi connectivity index (χ1v) is 6.31. The molecule has 0 aliphatic heterocycles. The summed E-state index contributed by atoms with van der Waals surface area (Å²) in [6.07, 6.45) is -1.79. The Balaban J connectivity index is 2.67. The van der Waals surface area contributed by atoms with E-state index in [2.05, 4.69) is 0 Å². The number of halogens is 2. The third-order valence-electron chi connectivity index (χ3n) is 3.09. The molecule has 2 rings (SSSR count). The van der Waals surface area contributed by atoms with Gasteiger partial charge < -0.3 is 10.5 Å². The SMILES string of the molecule is CCOC(=O)n1ccc2c(C(F)F)cc([C@@H](C)N)cc21. The van der Waals surface area contributed by atoms with Crippen LogP contribution in [0.2, 0.25) is 0 Å². The largest absolute Gasteiger partial charge is 0.449 e. The molecule has 0 aliphatic rings. The first-order chi connectivity index (χ1) is 9.45. The Hall–Kier alpha value is -1.95. The van der Waals surface area contributed by atoms with E-state index < -0.39 is 18.6 Å². The van der Waals surface area contributed by atoms with E-state index in [1.54, 1.807) is 19.9 Å². The first kappa shape index (κ1) is 14.5. The fourth-order valence-electron chi connectivity index (χ4n) is 2.09. The van der Waals surface area contributed by atoms with Crippen molar-refractivity contribution < 1.29 is 18.3 Å². The lowest BCUT2D eigenvalue weighted by molar-refractivity contribution is 0.152. The maximum atomic E-state index is 13.1. The van der Waals surface area contributed by atoms with Crippen LogP contribution in [0.3, 0.4) is 0 Å². The zero-order valence-corrected chi connectivity index (χ0v) is 11.3. The van der Waals surface area contributed by atoms with E-state index in [0.29, 0.717) is 16.5 Å². The summed E-state index contributed by atoms with van der Waals surface area (Å²) in [5.74, 6) is 0. The summed E-state index contributed by atoms with van der Waals surface area (Å²) in [6, 6.07) is 4.11. The van der Waals surface area contributed by atoms with Crippen LogP contribution in [0, 0.1) is 0 Å². The number of fused-ring (bicyclic) bond motifs is 1. The smallest absolute Gasteiger partial charge is 0.418 e. The van der Waals surface area contributed by atoms with Gasteiger partial charge in [0.15, 0.2) is 0 Å². The highest BCUT2D eigenvalue weighted by Crippen LogP contribution is 2.31. The molecule has 0 amide bonds. The molecule has 4 nitrogen and oxygen atoms in total. The first-order valence-electron chi connectivity index (χ1n) is 6.31. The Morgan fingerprint density at radius 3 is 2.70 bits per heavy atom. The quantitative estimate of drug-likeness (QED) is 0.935. The minimum atomic E-state index is -2.63. The standard InChI is InChI=1S/C14H16F2N2O2/c1-3-20-14(19)18-5-4-10-11(13(15)16)6-9(8(2)17)7-12(10)18/h4-8,13H,3,17H2,1-2H3/t8-/m1/s1. The van der Waals surface area contributed by atoms with Gasteiger partial charge in [0.1, 0.15) is 0 Å². The number of carbonyl (C=O) groups is 1. The molecule has 0 saturated carbocycles. The average molecular weight is 282 g/mol. The van der Waals surface area contributed by atoms with E-state index in [0.717, 1.165) is 0 Å². The average Bonchev–Trinajstić information content (AvgIpc) is 2.81. The van der Waals surface area contributed by atoms with Gasteiger partial charge in [-0.15, -0.1) is 0 Å². The molecule has 0 bridgehead atoms. The van der Waals surface area contributed by atoms with E-state index in [1.807, 2.05) is 0 Å². The number of benzene rings is 1.